The van der Waals surface area contributed by atoms with Gasteiger partial charge in [-0.15, -0.1) is 0 Å². The molecule has 0 aliphatic carbocycles. The lowest BCUT2D eigenvalue weighted by Gasteiger charge is -2.13. The van der Waals surface area contributed by atoms with Crippen LogP contribution in [0.25, 0.3) is 0 Å². The van der Waals surface area contributed by atoms with Crippen molar-refractivity contribution < 1.29 is 18.3 Å². The summed E-state index contributed by atoms with van der Waals surface area (Å²) in [7, 11) is -3.56. The van der Waals surface area contributed by atoms with E-state index in [2.05, 4.69) is 4.72 Å². The van der Waals surface area contributed by atoms with E-state index in [4.69, 9.17) is 5.11 Å². The average Bonchev–Trinajstić information content (AvgIpc) is 2.65. The summed E-state index contributed by atoms with van der Waals surface area (Å²) in [6.07, 6.45) is 0.590. The molecule has 1 saturated heterocycles. The van der Waals surface area contributed by atoms with E-state index in [1.165, 1.54) is 4.31 Å². The molecule has 1 unspecified atom stereocenters. The SMILES string of the molecule is O=CC1CN(Cc2ccc(CO)cc2)S(=O)(=O)N1. The molecule has 1 aliphatic rings. The van der Waals surface area contributed by atoms with E-state index in [0.29, 0.717) is 6.29 Å². The second-order valence-corrected chi connectivity index (χ2v) is 5.83. The normalized spacial score (nSPS) is 23.1. The fourth-order valence-electron chi connectivity index (χ4n) is 1.79. The Balaban J connectivity index is 2.11. The van der Waals surface area contributed by atoms with E-state index < -0.39 is 16.3 Å². The first kappa shape index (κ1) is 13.2. The van der Waals surface area contributed by atoms with Crippen molar-refractivity contribution in [2.75, 3.05) is 6.54 Å². The van der Waals surface area contributed by atoms with Crippen molar-refractivity contribution >= 4 is 16.5 Å². The fourth-order valence-corrected chi connectivity index (χ4v) is 3.13. The minimum absolute atomic E-state index is 0.0446. The summed E-state index contributed by atoms with van der Waals surface area (Å²) in [5.41, 5.74) is 1.58. The third-order valence-corrected chi connectivity index (χ3v) is 4.33. The second kappa shape index (κ2) is 5.15. The van der Waals surface area contributed by atoms with Gasteiger partial charge in [-0.1, -0.05) is 24.3 Å². The van der Waals surface area contributed by atoms with Crippen LogP contribution in [-0.4, -0.2) is 36.7 Å². The smallest absolute Gasteiger partial charge is 0.280 e. The van der Waals surface area contributed by atoms with Crippen LogP contribution in [0.3, 0.4) is 0 Å². The van der Waals surface area contributed by atoms with Gasteiger partial charge in [-0.2, -0.15) is 17.4 Å². The molecule has 2 N–H and O–H groups in total. The standard InChI is InChI=1S/C11H14N2O4S/c14-7-10-3-1-9(2-4-10)5-13-6-11(8-15)12-18(13,16)17/h1-4,8,11-12,14H,5-7H2. The Morgan fingerprint density at radius 3 is 2.44 bits per heavy atom. The largest absolute Gasteiger partial charge is 0.392 e. The first-order chi connectivity index (χ1) is 8.55. The summed E-state index contributed by atoms with van der Waals surface area (Å²) in [6, 6.07) is 6.32. The Hall–Kier alpha value is -1.28. The van der Waals surface area contributed by atoms with Crippen LogP contribution in [0.15, 0.2) is 24.3 Å². The maximum absolute atomic E-state index is 11.7. The summed E-state index contributed by atoms with van der Waals surface area (Å²) in [5.74, 6) is 0. The van der Waals surface area contributed by atoms with Gasteiger partial charge in [0.2, 0.25) is 0 Å². The molecule has 1 atom stereocenters. The van der Waals surface area contributed by atoms with Crippen LogP contribution in [0.2, 0.25) is 0 Å². The minimum atomic E-state index is -3.56. The summed E-state index contributed by atoms with van der Waals surface area (Å²) >= 11 is 0. The molecule has 0 radical (unpaired) electrons. The lowest BCUT2D eigenvalue weighted by atomic mass is 10.1. The van der Waals surface area contributed by atoms with E-state index in [0.717, 1.165) is 11.1 Å². The molecule has 1 aromatic carbocycles. The zero-order valence-corrected chi connectivity index (χ0v) is 10.4. The number of rotatable bonds is 4. The van der Waals surface area contributed by atoms with Crippen molar-refractivity contribution in [3.05, 3.63) is 35.4 Å². The maximum Gasteiger partial charge on any atom is 0.280 e. The van der Waals surface area contributed by atoms with E-state index in [-0.39, 0.29) is 19.7 Å². The lowest BCUT2D eigenvalue weighted by molar-refractivity contribution is -0.109. The third kappa shape index (κ3) is 2.75. The van der Waals surface area contributed by atoms with Gasteiger partial charge >= 0.3 is 0 Å². The highest BCUT2D eigenvalue weighted by Crippen LogP contribution is 2.15. The van der Waals surface area contributed by atoms with Gasteiger partial charge < -0.3 is 9.90 Å². The molecule has 0 saturated carbocycles. The molecular weight excluding hydrogens is 256 g/mol. The molecule has 6 nitrogen and oxygen atoms in total. The molecule has 1 aliphatic heterocycles. The molecule has 0 spiro atoms. The van der Waals surface area contributed by atoms with Crippen molar-refractivity contribution in [2.45, 2.75) is 19.2 Å². The molecule has 2 rings (SSSR count). The van der Waals surface area contributed by atoms with Gasteiger partial charge in [-0.25, -0.2) is 0 Å². The number of nitrogens with zero attached hydrogens (tertiary/aromatic N) is 1. The van der Waals surface area contributed by atoms with Crippen molar-refractivity contribution in [1.29, 1.82) is 0 Å². The zero-order chi connectivity index (χ0) is 13.2. The van der Waals surface area contributed by atoms with Crippen LogP contribution in [0, 0.1) is 0 Å². The van der Waals surface area contributed by atoms with Crippen molar-refractivity contribution in [3.63, 3.8) is 0 Å². The van der Waals surface area contributed by atoms with Crippen LogP contribution < -0.4 is 4.72 Å². The first-order valence-corrected chi connectivity index (χ1v) is 6.90. The molecule has 7 heteroatoms. The summed E-state index contributed by atoms with van der Waals surface area (Å²) < 4.78 is 26.8. The molecular formula is C11H14N2O4S. The number of hydrogen-bond donors (Lipinski definition) is 2. The van der Waals surface area contributed by atoms with E-state index in [1.807, 2.05) is 0 Å². The lowest BCUT2D eigenvalue weighted by Crippen LogP contribution is -2.30. The Morgan fingerprint density at radius 2 is 1.94 bits per heavy atom. The van der Waals surface area contributed by atoms with Gasteiger partial charge in [0, 0.05) is 13.1 Å². The van der Waals surface area contributed by atoms with E-state index in [1.54, 1.807) is 24.3 Å². The van der Waals surface area contributed by atoms with Gasteiger partial charge in [0.25, 0.3) is 10.2 Å². The molecule has 0 bridgehead atoms. The molecule has 0 aromatic heterocycles. The van der Waals surface area contributed by atoms with Gasteiger partial charge in [0.15, 0.2) is 0 Å². The molecule has 0 amide bonds. The zero-order valence-electron chi connectivity index (χ0n) is 9.61. The first-order valence-electron chi connectivity index (χ1n) is 5.46. The molecule has 18 heavy (non-hydrogen) atoms. The van der Waals surface area contributed by atoms with Crippen LogP contribution in [0.5, 0.6) is 0 Å². The quantitative estimate of drug-likeness (QED) is 0.715. The monoisotopic (exact) mass is 270 g/mol. The van der Waals surface area contributed by atoms with E-state index >= 15 is 0 Å². The second-order valence-electron chi connectivity index (χ2n) is 4.13. The fraction of sp³-hybridized carbons (Fsp3) is 0.364. The minimum Gasteiger partial charge on any atom is -0.392 e. The van der Waals surface area contributed by atoms with Gasteiger partial charge in [0.05, 0.1) is 12.6 Å². The Bertz CT molecular complexity index is 526. The number of carbonyl (C=O) groups is 1. The highest BCUT2D eigenvalue weighted by atomic mass is 32.2. The van der Waals surface area contributed by atoms with Crippen LogP contribution in [0.4, 0.5) is 0 Å². The van der Waals surface area contributed by atoms with Crippen molar-refractivity contribution in [2.24, 2.45) is 0 Å². The number of aliphatic hydroxyl groups is 1. The van der Waals surface area contributed by atoms with Gasteiger partial charge in [0.1, 0.15) is 6.29 Å². The molecule has 1 fully saturated rings. The van der Waals surface area contributed by atoms with Crippen molar-refractivity contribution in [1.82, 2.24) is 9.03 Å². The Morgan fingerprint density at radius 1 is 1.33 bits per heavy atom. The summed E-state index contributed by atoms with van der Waals surface area (Å²) in [6.45, 7) is 0.316. The number of aliphatic hydroxyl groups excluding tert-OH is 1. The molecule has 1 heterocycles. The highest BCUT2D eigenvalue weighted by molar-refractivity contribution is 7.87. The van der Waals surface area contributed by atoms with Gasteiger partial charge in [-0.3, -0.25) is 0 Å². The van der Waals surface area contributed by atoms with Crippen LogP contribution in [0.1, 0.15) is 11.1 Å². The third-order valence-electron chi connectivity index (χ3n) is 2.77. The average molecular weight is 270 g/mol. The van der Waals surface area contributed by atoms with Crippen LogP contribution in [-0.2, 0) is 28.2 Å². The Kier molecular flexibility index (Phi) is 3.76. The number of hydrogen-bond acceptors (Lipinski definition) is 4. The van der Waals surface area contributed by atoms with Gasteiger partial charge in [-0.05, 0) is 11.1 Å². The predicted molar refractivity (Wildman–Crippen MR) is 64.7 cm³/mol. The summed E-state index contributed by atoms with van der Waals surface area (Å²) in [5, 5.41) is 8.91. The summed E-state index contributed by atoms with van der Waals surface area (Å²) in [4.78, 5) is 10.6. The Labute approximate surface area is 105 Å². The number of benzene rings is 1. The number of carbonyl (C=O) groups excluding carboxylic acids is 1. The highest BCUT2D eigenvalue weighted by Gasteiger charge is 2.34. The number of nitrogens with one attached hydrogen (secondary N) is 1. The van der Waals surface area contributed by atoms with E-state index in [9.17, 15) is 13.2 Å². The maximum atomic E-state index is 11.7. The predicted octanol–water partition coefficient (Wildman–Crippen LogP) is -0.604. The molecule has 1 aromatic rings. The topological polar surface area (TPSA) is 86.7 Å². The van der Waals surface area contributed by atoms with Crippen LogP contribution >= 0.6 is 0 Å². The number of aldehydes is 1. The molecule has 98 valence electrons. The van der Waals surface area contributed by atoms with Crippen molar-refractivity contribution in [3.8, 4) is 0 Å².